The van der Waals surface area contributed by atoms with Crippen molar-refractivity contribution in [3.05, 3.63) is 34.6 Å². The Morgan fingerprint density at radius 3 is 2.62 bits per heavy atom. The summed E-state index contributed by atoms with van der Waals surface area (Å²) in [5.41, 5.74) is 5.26. The summed E-state index contributed by atoms with van der Waals surface area (Å²) in [7, 11) is 1.38. The van der Waals surface area contributed by atoms with Crippen LogP contribution >= 0.6 is 15.9 Å². The molecule has 0 fully saturated rings. The zero-order valence-corrected chi connectivity index (χ0v) is 12.3. The second-order valence-electron chi connectivity index (χ2n) is 3.96. The van der Waals surface area contributed by atoms with Crippen LogP contribution in [0.25, 0.3) is 0 Å². The van der Waals surface area contributed by atoms with Crippen LogP contribution in [0.3, 0.4) is 0 Å². The summed E-state index contributed by atoms with van der Waals surface area (Å²) in [4.78, 5) is 7.67. The molecule has 0 saturated heterocycles. The Hall–Kier alpha value is -2.03. The summed E-state index contributed by atoms with van der Waals surface area (Å²) in [6, 6.07) is 3.22. The van der Waals surface area contributed by atoms with Crippen molar-refractivity contribution >= 4 is 33.1 Å². The third kappa shape index (κ3) is 3.35. The Morgan fingerprint density at radius 2 is 2.00 bits per heavy atom. The van der Waals surface area contributed by atoms with E-state index >= 15 is 0 Å². The van der Waals surface area contributed by atoms with Gasteiger partial charge in [-0.25, -0.2) is 4.98 Å². The van der Waals surface area contributed by atoms with Crippen molar-refractivity contribution in [2.24, 2.45) is 0 Å². The number of nitrogens with two attached hydrogens (primary N) is 1. The van der Waals surface area contributed by atoms with E-state index in [-0.39, 0.29) is 23.1 Å². The Balaban J connectivity index is 2.40. The summed E-state index contributed by atoms with van der Waals surface area (Å²) in [6.45, 7) is 0. The standard InChI is InChI=1S/C12H10BrF3N4O/c1-21-11-9(17)10(18-5-19-11)20-8-4-6(12(14,15)16)2-3-7(8)13/h2-5H,17H2,1H3,(H,18,19,20). The van der Waals surface area contributed by atoms with E-state index in [1.807, 2.05) is 0 Å². The number of anilines is 3. The zero-order chi connectivity index (χ0) is 15.6. The van der Waals surface area contributed by atoms with Gasteiger partial charge in [-0.1, -0.05) is 0 Å². The van der Waals surface area contributed by atoms with Crippen molar-refractivity contribution in [2.75, 3.05) is 18.2 Å². The minimum Gasteiger partial charge on any atom is -0.479 e. The lowest BCUT2D eigenvalue weighted by molar-refractivity contribution is -0.137. The average Bonchev–Trinajstić information content (AvgIpc) is 2.42. The second-order valence-corrected chi connectivity index (χ2v) is 4.82. The van der Waals surface area contributed by atoms with E-state index in [1.165, 1.54) is 19.5 Å². The van der Waals surface area contributed by atoms with Gasteiger partial charge in [0, 0.05) is 4.47 Å². The zero-order valence-electron chi connectivity index (χ0n) is 10.7. The van der Waals surface area contributed by atoms with E-state index in [4.69, 9.17) is 10.5 Å². The molecule has 0 aliphatic heterocycles. The highest BCUT2D eigenvalue weighted by molar-refractivity contribution is 9.10. The summed E-state index contributed by atoms with van der Waals surface area (Å²) in [5.74, 6) is 0.289. The van der Waals surface area contributed by atoms with Crippen molar-refractivity contribution in [2.45, 2.75) is 6.18 Å². The largest absolute Gasteiger partial charge is 0.479 e. The smallest absolute Gasteiger partial charge is 0.416 e. The number of hydrogen-bond donors (Lipinski definition) is 2. The van der Waals surface area contributed by atoms with E-state index in [2.05, 4.69) is 31.2 Å². The fourth-order valence-corrected chi connectivity index (χ4v) is 1.91. The molecule has 0 spiro atoms. The lowest BCUT2D eigenvalue weighted by atomic mass is 10.2. The lowest BCUT2D eigenvalue weighted by Gasteiger charge is -2.13. The quantitative estimate of drug-likeness (QED) is 0.872. The molecular formula is C12H10BrF3N4O. The van der Waals surface area contributed by atoms with E-state index in [9.17, 15) is 13.2 Å². The molecule has 0 radical (unpaired) electrons. The fraction of sp³-hybridized carbons (Fsp3) is 0.167. The van der Waals surface area contributed by atoms with Gasteiger partial charge in [-0.2, -0.15) is 18.2 Å². The Kier molecular flexibility index (Phi) is 4.21. The fourth-order valence-electron chi connectivity index (χ4n) is 1.57. The van der Waals surface area contributed by atoms with E-state index in [0.29, 0.717) is 4.47 Å². The average molecular weight is 363 g/mol. The predicted octanol–water partition coefficient (Wildman–Crippen LogP) is 3.59. The molecule has 0 unspecified atom stereocenters. The molecule has 9 heteroatoms. The molecule has 2 rings (SSSR count). The van der Waals surface area contributed by atoms with Gasteiger partial charge in [0.2, 0.25) is 5.88 Å². The third-order valence-electron chi connectivity index (χ3n) is 2.59. The molecule has 0 bridgehead atoms. The first kappa shape index (κ1) is 15.4. The summed E-state index contributed by atoms with van der Waals surface area (Å²) < 4.78 is 43.5. The number of aromatic nitrogens is 2. The molecule has 3 N–H and O–H groups in total. The maximum absolute atomic E-state index is 12.7. The number of ether oxygens (including phenoxy) is 1. The monoisotopic (exact) mass is 362 g/mol. The lowest BCUT2D eigenvalue weighted by Crippen LogP contribution is -2.07. The number of alkyl halides is 3. The van der Waals surface area contributed by atoms with E-state index < -0.39 is 11.7 Å². The number of halogens is 4. The van der Waals surface area contributed by atoms with Gasteiger partial charge < -0.3 is 15.8 Å². The Labute approximate surface area is 126 Å². The van der Waals surface area contributed by atoms with Gasteiger partial charge in [0.05, 0.1) is 18.4 Å². The SMILES string of the molecule is COc1ncnc(Nc2cc(C(F)(F)F)ccc2Br)c1N. The van der Waals surface area contributed by atoms with Crippen LogP contribution in [0.4, 0.5) is 30.4 Å². The molecular weight excluding hydrogens is 353 g/mol. The molecule has 1 aromatic heterocycles. The highest BCUT2D eigenvalue weighted by Crippen LogP contribution is 2.36. The van der Waals surface area contributed by atoms with Crippen molar-refractivity contribution in [3.63, 3.8) is 0 Å². The van der Waals surface area contributed by atoms with Crippen LogP contribution < -0.4 is 15.8 Å². The highest BCUT2D eigenvalue weighted by atomic mass is 79.9. The van der Waals surface area contributed by atoms with Gasteiger partial charge in [-0.15, -0.1) is 0 Å². The maximum Gasteiger partial charge on any atom is 0.416 e. The summed E-state index contributed by atoms with van der Waals surface area (Å²) in [6.07, 6.45) is -3.24. The second kappa shape index (κ2) is 5.76. The minimum absolute atomic E-state index is 0.101. The maximum atomic E-state index is 12.7. The number of nitrogens with one attached hydrogen (secondary N) is 1. The Bertz CT molecular complexity index is 663. The Morgan fingerprint density at radius 1 is 1.29 bits per heavy atom. The number of nitrogen functional groups attached to an aromatic ring is 1. The molecule has 0 aliphatic rings. The molecule has 1 heterocycles. The summed E-state index contributed by atoms with van der Waals surface area (Å²) in [5, 5.41) is 2.72. The van der Waals surface area contributed by atoms with Gasteiger partial charge in [-0.05, 0) is 34.1 Å². The number of benzene rings is 1. The van der Waals surface area contributed by atoms with Crippen molar-refractivity contribution in [1.29, 1.82) is 0 Å². The van der Waals surface area contributed by atoms with Crippen LogP contribution in [0.15, 0.2) is 29.0 Å². The van der Waals surface area contributed by atoms with Gasteiger partial charge in [0.25, 0.3) is 0 Å². The van der Waals surface area contributed by atoms with Gasteiger partial charge in [0.1, 0.15) is 12.0 Å². The topological polar surface area (TPSA) is 73.1 Å². The minimum atomic E-state index is -4.44. The molecule has 0 atom stereocenters. The highest BCUT2D eigenvalue weighted by Gasteiger charge is 2.31. The molecule has 0 aliphatic carbocycles. The molecule has 21 heavy (non-hydrogen) atoms. The van der Waals surface area contributed by atoms with Gasteiger partial charge in [-0.3, -0.25) is 0 Å². The van der Waals surface area contributed by atoms with Crippen LogP contribution in [0.5, 0.6) is 5.88 Å². The summed E-state index contributed by atoms with van der Waals surface area (Å²) >= 11 is 3.17. The first-order valence-electron chi connectivity index (χ1n) is 5.61. The number of hydrogen-bond acceptors (Lipinski definition) is 5. The molecule has 2 aromatic rings. The van der Waals surface area contributed by atoms with Gasteiger partial charge >= 0.3 is 6.18 Å². The number of rotatable bonds is 3. The number of methoxy groups -OCH3 is 1. The van der Waals surface area contributed by atoms with Crippen LogP contribution in [-0.2, 0) is 6.18 Å². The third-order valence-corrected chi connectivity index (χ3v) is 3.28. The first-order valence-corrected chi connectivity index (χ1v) is 6.40. The molecule has 0 amide bonds. The van der Waals surface area contributed by atoms with Crippen molar-refractivity contribution in [3.8, 4) is 5.88 Å². The number of nitrogens with zero attached hydrogens (tertiary/aromatic N) is 2. The van der Waals surface area contributed by atoms with Crippen molar-refractivity contribution in [1.82, 2.24) is 9.97 Å². The molecule has 1 aromatic carbocycles. The molecule has 112 valence electrons. The van der Waals surface area contributed by atoms with Crippen molar-refractivity contribution < 1.29 is 17.9 Å². The van der Waals surface area contributed by atoms with E-state index in [0.717, 1.165) is 12.1 Å². The first-order chi connectivity index (χ1) is 9.82. The van der Waals surface area contributed by atoms with Crippen LogP contribution in [0.2, 0.25) is 0 Å². The van der Waals surface area contributed by atoms with Crippen LogP contribution in [0.1, 0.15) is 5.56 Å². The van der Waals surface area contributed by atoms with Crippen LogP contribution in [0, 0.1) is 0 Å². The van der Waals surface area contributed by atoms with Gasteiger partial charge in [0.15, 0.2) is 5.82 Å². The predicted molar refractivity (Wildman–Crippen MR) is 75.4 cm³/mol. The molecule has 0 saturated carbocycles. The van der Waals surface area contributed by atoms with E-state index in [1.54, 1.807) is 0 Å². The molecule has 5 nitrogen and oxygen atoms in total. The van der Waals surface area contributed by atoms with Crippen LogP contribution in [-0.4, -0.2) is 17.1 Å². The normalized spacial score (nSPS) is 11.3.